The summed E-state index contributed by atoms with van der Waals surface area (Å²) < 4.78 is 20.5. The Morgan fingerprint density at radius 1 is 0.863 bits per heavy atom. The van der Waals surface area contributed by atoms with Gasteiger partial charge < -0.3 is 31.7 Å². The highest BCUT2D eigenvalue weighted by molar-refractivity contribution is 8.23. The van der Waals surface area contributed by atoms with Gasteiger partial charge in [-0.15, -0.1) is 25.7 Å². The number of nitrogens with two attached hydrogens (primary N) is 1. The minimum absolute atomic E-state index is 0.0654. The third-order valence-corrected chi connectivity index (χ3v) is 10.5. The Hall–Kier alpha value is -3.30. The van der Waals surface area contributed by atoms with Crippen LogP contribution in [0.15, 0.2) is 0 Å². The van der Waals surface area contributed by atoms with Crippen LogP contribution in [-0.4, -0.2) is 96.5 Å². The molecule has 0 aromatic rings. The van der Waals surface area contributed by atoms with Crippen molar-refractivity contribution in [2.75, 3.05) is 18.6 Å². The second kappa shape index (κ2) is 21.3. The second-order valence-electron chi connectivity index (χ2n) is 15.3. The molecule has 0 aromatic heterocycles. The molecule has 4 rings (SSSR count). The molecule has 1 saturated heterocycles. The molecule has 13 nitrogen and oxygen atoms in total. The molecule has 290 valence electrons. The zero-order chi connectivity index (χ0) is 39.0. The zero-order valence-electron chi connectivity index (χ0n) is 31.0. The van der Waals surface area contributed by atoms with Gasteiger partial charge in [0.05, 0.1) is 22.9 Å². The predicted molar refractivity (Wildman–Crippen MR) is 201 cm³/mol. The quantitative estimate of drug-likeness (QED) is 0.115. The van der Waals surface area contributed by atoms with Gasteiger partial charge in [-0.25, -0.2) is 4.79 Å². The Kier molecular flexibility index (Phi) is 19.1. The third-order valence-electron chi connectivity index (χ3n) is 9.39. The van der Waals surface area contributed by atoms with Crippen LogP contribution >= 0.6 is 10.6 Å². The molecule has 3 atom stereocenters. The van der Waals surface area contributed by atoms with Crippen LogP contribution in [0.4, 0.5) is 4.79 Å². The van der Waals surface area contributed by atoms with Gasteiger partial charge in [0.15, 0.2) is 0 Å². The Bertz CT molecular complexity index is 1180. The van der Waals surface area contributed by atoms with Crippen LogP contribution in [0.2, 0.25) is 0 Å². The molecule has 0 aromatic carbocycles. The van der Waals surface area contributed by atoms with Crippen LogP contribution in [0.3, 0.4) is 0 Å². The molecule has 3 aliphatic carbocycles. The van der Waals surface area contributed by atoms with Crippen LogP contribution in [-0.2, 0) is 19.2 Å². The van der Waals surface area contributed by atoms with Crippen molar-refractivity contribution in [3.8, 4) is 25.7 Å². The molecule has 2 unspecified atom stereocenters. The number of amides is 5. The summed E-state index contributed by atoms with van der Waals surface area (Å²) in [6.45, 7) is 5.58. The number of hydrogen-bond donors (Lipinski definition) is 7. The number of likely N-dealkylation sites (tertiary alicyclic amines) is 1. The first-order valence-electron chi connectivity index (χ1n) is 18.0. The Morgan fingerprint density at radius 3 is 1.88 bits per heavy atom. The molecule has 1 heterocycles. The Labute approximate surface area is 306 Å². The maximum absolute atomic E-state index is 14.1. The molecule has 51 heavy (non-hydrogen) atoms. The summed E-state index contributed by atoms with van der Waals surface area (Å²) in [7, 11) is -2.86. The normalized spacial score (nSPS) is 21.6. The van der Waals surface area contributed by atoms with Gasteiger partial charge in [0.1, 0.15) is 12.1 Å². The first-order chi connectivity index (χ1) is 23.9. The fourth-order valence-corrected chi connectivity index (χ4v) is 8.57. The highest BCUT2D eigenvalue weighted by atomic mass is 32.3. The van der Waals surface area contributed by atoms with Crippen molar-refractivity contribution in [1.82, 2.24) is 20.9 Å². The fraction of sp³-hybridized carbons (Fsp3) is 0.757. The lowest BCUT2D eigenvalue weighted by atomic mass is 9.82. The van der Waals surface area contributed by atoms with E-state index in [0.717, 1.165) is 64.2 Å². The molecule has 1 aliphatic heterocycles. The van der Waals surface area contributed by atoms with Crippen LogP contribution in [0.5, 0.6) is 0 Å². The van der Waals surface area contributed by atoms with Gasteiger partial charge in [0.2, 0.25) is 17.6 Å². The van der Waals surface area contributed by atoms with E-state index in [0.29, 0.717) is 38.6 Å². The maximum Gasteiger partial charge on any atom is 0.315 e. The summed E-state index contributed by atoms with van der Waals surface area (Å²) in [6, 6.07) is -3.17. The van der Waals surface area contributed by atoms with Gasteiger partial charge in [0.25, 0.3) is 5.91 Å². The van der Waals surface area contributed by atoms with Crippen molar-refractivity contribution >= 4 is 40.1 Å². The average Bonchev–Trinajstić information content (AvgIpc) is 3.74. The lowest BCUT2D eigenvalue weighted by Gasteiger charge is -2.44. The van der Waals surface area contributed by atoms with Crippen molar-refractivity contribution < 1.29 is 38.2 Å². The van der Waals surface area contributed by atoms with E-state index in [-0.39, 0.29) is 23.5 Å². The largest absolute Gasteiger partial charge is 0.391 e. The number of nitrogens with zero attached hydrogens (tertiary/aromatic N) is 1. The highest BCUT2D eigenvalue weighted by Crippen LogP contribution is 2.42. The average molecular weight is 738 g/mol. The number of carbonyl (C=O) groups excluding carboxylic acids is 5. The maximum atomic E-state index is 14.1. The van der Waals surface area contributed by atoms with Crippen molar-refractivity contribution in [3.05, 3.63) is 0 Å². The van der Waals surface area contributed by atoms with Gasteiger partial charge >= 0.3 is 6.03 Å². The van der Waals surface area contributed by atoms with E-state index < -0.39 is 63.5 Å². The smallest absolute Gasteiger partial charge is 0.315 e. The summed E-state index contributed by atoms with van der Waals surface area (Å²) in [5, 5.41) is 17.2. The Morgan fingerprint density at radius 2 is 1.39 bits per heavy atom. The van der Waals surface area contributed by atoms with Crippen molar-refractivity contribution in [1.29, 1.82) is 0 Å². The molecule has 14 heteroatoms. The number of aliphatic hydroxyl groups is 1. The number of urea groups is 1. The third kappa shape index (κ3) is 16.7. The van der Waals surface area contributed by atoms with E-state index in [4.69, 9.17) is 10.8 Å². The molecule has 4 fully saturated rings. The van der Waals surface area contributed by atoms with E-state index in [1.807, 2.05) is 0 Å². The molecule has 0 spiro atoms. The molecule has 8 N–H and O–H groups in total. The number of primary amides is 1. The van der Waals surface area contributed by atoms with E-state index in [1.165, 1.54) is 11.2 Å². The Balaban J connectivity index is 0.00000131. The molecule has 0 bridgehead atoms. The van der Waals surface area contributed by atoms with E-state index >= 15 is 0 Å². The monoisotopic (exact) mass is 737 g/mol. The van der Waals surface area contributed by atoms with Gasteiger partial charge in [0, 0.05) is 12.8 Å². The molecule has 5 amide bonds. The number of terminal acetylenes is 2. The van der Waals surface area contributed by atoms with Crippen LogP contribution in [0.1, 0.15) is 117 Å². The summed E-state index contributed by atoms with van der Waals surface area (Å²) in [5.41, 5.74) is 3.99. The molecule has 4 aliphatic rings. The minimum atomic E-state index is -2.86. The number of ketones is 1. The number of Topliss-reactive ketones (excluding diaryl/α,β-unsaturated/α-hetero) is 1. The van der Waals surface area contributed by atoms with Crippen molar-refractivity contribution in [2.45, 2.75) is 146 Å². The first-order valence-corrected chi connectivity index (χ1v) is 20.1. The van der Waals surface area contributed by atoms with E-state index in [1.54, 1.807) is 20.8 Å². The fourth-order valence-electron chi connectivity index (χ4n) is 7.16. The predicted octanol–water partition coefficient (Wildman–Crippen LogP) is 3.92. The minimum Gasteiger partial charge on any atom is -0.391 e. The summed E-state index contributed by atoms with van der Waals surface area (Å²) in [4.78, 5) is 66.5. The summed E-state index contributed by atoms with van der Waals surface area (Å²) in [6.07, 6.45) is 29.1. The second-order valence-corrected chi connectivity index (χ2v) is 17.6. The van der Waals surface area contributed by atoms with Crippen LogP contribution in [0, 0.1) is 37.5 Å². The van der Waals surface area contributed by atoms with Gasteiger partial charge in [-0.2, -0.15) is 10.6 Å². The lowest BCUT2D eigenvalue weighted by molar-refractivity contribution is -0.143. The lowest BCUT2D eigenvalue weighted by Crippen LogP contribution is -2.62. The SMILES string of the molecule is C#C.C#C.CC(C)(C)O.CS(O)(O)CC1(NC(=O)NC(C(=O)N2CCC[C@H]2C(=O)NC(CC2CC2)C(=O)C(N)=O)C2CCCCC2)CCCCC1. The molecular weight excluding hydrogens is 675 g/mol. The van der Waals surface area contributed by atoms with Crippen LogP contribution in [0.25, 0.3) is 0 Å². The number of carbonyl (C=O) groups is 5. The van der Waals surface area contributed by atoms with E-state index in [2.05, 4.69) is 41.6 Å². The van der Waals surface area contributed by atoms with Crippen molar-refractivity contribution in [2.24, 2.45) is 17.6 Å². The van der Waals surface area contributed by atoms with Gasteiger partial charge in [-0.1, -0.05) is 51.4 Å². The first kappa shape index (κ1) is 45.7. The number of nitrogens with one attached hydrogen (secondary N) is 3. The molecule has 0 radical (unpaired) electrons. The topological polar surface area (TPSA) is 211 Å². The van der Waals surface area contributed by atoms with E-state index in [9.17, 15) is 33.1 Å². The van der Waals surface area contributed by atoms with Crippen LogP contribution < -0.4 is 21.7 Å². The van der Waals surface area contributed by atoms with Crippen molar-refractivity contribution in [3.63, 3.8) is 0 Å². The summed E-state index contributed by atoms with van der Waals surface area (Å²) >= 11 is 0. The number of rotatable bonds is 12. The zero-order valence-corrected chi connectivity index (χ0v) is 31.8. The highest BCUT2D eigenvalue weighted by Gasteiger charge is 2.43. The molecule has 3 saturated carbocycles. The standard InChI is InChI=1S/C29H49N5O7S.C4H10O.2C2H2/c1-42(40,41)18-29(14-6-3-7-15-29)33-28(39)32-23(20-9-4-2-5-10-20)27(38)34-16-8-11-22(34)26(37)31-21(17-19-12-13-19)24(35)25(30)36;1-4(2,3)5;2*1-2/h19-23,40-41H,2-18H2,1H3,(H2,30,36)(H,31,37)(H2,32,33,39);5H,1-3H3;2*1-2H/t21?,22-,23?;;;/m0.../s1. The number of hydrogen-bond acceptors (Lipinski definition) is 8. The molecular formula is C37H63N5O8S. The van der Waals surface area contributed by atoms with Gasteiger partial charge in [-0.3, -0.25) is 28.3 Å². The van der Waals surface area contributed by atoms with Gasteiger partial charge in [-0.05, 0) is 77.6 Å². The summed E-state index contributed by atoms with van der Waals surface area (Å²) in [5.74, 6) is -2.49.